The second-order valence-corrected chi connectivity index (χ2v) is 16.0. The monoisotopic (exact) mass is 806 g/mol. The fourth-order valence-electron chi connectivity index (χ4n) is 7.14. The van der Waals surface area contributed by atoms with E-state index in [1.54, 1.807) is 12.1 Å². The van der Waals surface area contributed by atoms with Crippen molar-refractivity contribution in [3.8, 4) is 0 Å². The quantitative estimate of drug-likeness (QED) is 0.0408. The number of carboxylic acids is 1. The standard InChI is InChI=1S/C49H79N3O6/c1-3-5-7-9-11-13-15-17-19-21-23-25-27-29-47(53)57-41-39-52(46-37-35-45(36-38-46)51-50-44-33-31-43(32-34-44)49(55)56)40-42-58-48(54)30-28-26-24-22-20-18-16-14-12-10-8-6-4-2/h31-38H,3-30,39-42H2,1-2H3,(H,55,56). The molecule has 0 atom stereocenters. The molecule has 326 valence electrons. The summed E-state index contributed by atoms with van der Waals surface area (Å²) >= 11 is 0. The number of aromatic carboxylic acids is 1. The molecule has 0 aliphatic carbocycles. The fourth-order valence-corrected chi connectivity index (χ4v) is 7.14. The van der Waals surface area contributed by atoms with Gasteiger partial charge in [-0.25, -0.2) is 4.79 Å². The van der Waals surface area contributed by atoms with E-state index < -0.39 is 5.97 Å². The van der Waals surface area contributed by atoms with Gasteiger partial charge in [0.1, 0.15) is 13.2 Å². The van der Waals surface area contributed by atoms with Gasteiger partial charge in [0.25, 0.3) is 0 Å². The number of hydrogen-bond donors (Lipinski definition) is 1. The number of benzene rings is 2. The topological polar surface area (TPSA) is 118 Å². The number of unbranched alkanes of at least 4 members (excludes halogenated alkanes) is 24. The lowest BCUT2D eigenvalue weighted by molar-refractivity contribution is -0.143. The predicted octanol–water partition coefficient (Wildman–Crippen LogP) is 14.7. The molecule has 58 heavy (non-hydrogen) atoms. The number of anilines is 1. The summed E-state index contributed by atoms with van der Waals surface area (Å²) in [4.78, 5) is 38.3. The molecular formula is C49H79N3O6. The number of ether oxygens (including phenoxy) is 2. The van der Waals surface area contributed by atoms with E-state index in [-0.39, 0.29) is 30.7 Å². The number of hydrogen-bond acceptors (Lipinski definition) is 8. The molecular weight excluding hydrogens is 727 g/mol. The second-order valence-electron chi connectivity index (χ2n) is 16.0. The Morgan fingerprint density at radius 3 is 1.10 bits per heavy atom. The van der Waals surface area contributed by atoms with Crippen LogP contribution in [0.15, 0.2) is 58.8 Å². The summed E-state index contributed by atoms with van der Waals surface area (Å²) in [7, 11) is 0. The Hall–Kier alpha value is -3.75. The molecule has 0 unspecified atom stereocenters. The minimum Gasteiger partial charge on any atom is -0.478 e. The molecule has 0 amide bonds. The van der Waals surface area contributed by atoms with Gasteiger partial charge in [-0.1, -0.05) is 168 Å². The maximum absolute atomic E-state index is 12.6. The lowest BCUT2D eigenvalue weighted by atomic mass is 10.0. The van der Waals surface area contributed by atoms with Crippen LogP contribution in [-0.4, -0.2) is 49.3 Å². The summed E-state index contributed by atoms with van der Waals surface area (Å²) in [6.45, 7) is 5.96. The zero-order valence-electron chi connectivity index (χ0n) is 36.6. The maximum Gasteiger partial charge on any atom is 0.335 e. The first-order valence-corrected chi connectivity index (χ1v) is 23.3. The van der Waals surface area contributed by atoms with Crippen molar-refractivity contribution in [2.45, 2.75) is 194 Å². The molecule has 9 heteroatoms. The summed E-state index contributed by atoms with van der Waals surface area (Å²) < 4.78 is 11.3. The van der Waals surface area contributed by atoms with Crippen LogP contribution in [0.4, 0.5) is 17.1 Å². The van der Waals surface area contributed by atoms with Crippen LogP contribution in [0.1, 0.15) is 204 Å². The molecule has 0 aliphatic heterocycles. The van der Waals surface area contributed by atoms with Crippen molar-refractivity contribution in [2.24, 2.45) is 10.2 Å². The molecule has 9 nitrogen and oxygen atoms in total. The van der Waals surface area contributed by atoms with Gasteiger partial charge in [0, 0.05) is 18.5 Å². The van der Waals surface area contributed by atoms with Gasteiger partial charge in [0.05, 0.1) is 30.0 Å². The number of esters is 2. The highest BCUT2D eigenvalue weighted by molar-refractivity contribution is 5.87. The van der Waals surface area contributed by atoms with Crippen LogP contribution in [0.2, 0.25) is 0 Å². The van der Waals surface area contributed by atoms with E-state index in [0.29, 0.717) is 37.3 Å². The molecule has 0 bridgehead atoms. The molecule has 0 fully saturated rings. The number of nitrogens with zero attached hydrogens (tertiary/aromatic N) is 3. The molecule has 0 spiro atoms. The highest BCUT2D eigenvalue weighted by Gasteiger charge is 2.11. The molecule has 2 aromatic rings. The minimum absolute atomic E-state index is 0.167. The Kier molecular flexibility index (Phi) is 30.6. The zero-order valence-corrected chi connectivity index (χ0v) is 36.6. The number of azo groups is 1. The van der Waals surface area contributed by atoms with Crippen molar-refractivity contribution in [3.05, 3.63) is 54.1 Å². The van der Waals surface area contributed by atoms with Crippen LogP contribution in [0, 0.1) is 0 Å². The largest absolute Gasteiger partial charge is 0.478 e. The van der Waals surface area contributed by atoms with Gasteiger partial charge in [-0.15, -0.1) is 0 Å². The van der Waals surface area contributed by atoms with E-state index in [9.17, 15) is 14.4 Å². The van der Waals surface area contributed by atoms with Gasteiger partial charge in [0.15, 0.2) is 0 Å². The van der Waals surface area contributed by atoms with E-state index in [1.165, 1.54) is 153 Å². The number of carbonyl (C=O) groups excluding carboxylic acids is 2. The van der Waals surface area contributed by atoms with Gasteiger partial charge >= 0.3 is 17.9 Å². The lowest BCUT2D eigenvalue weighted by Crippen LogP contribution is -2.32. The summed E-state index contributed by atoms with van der Waals surface area (Å²) in [5.74, 6) is -1.32. The third-order valence-corrected chi connectivity index (χ3v) is 10.8. The van der Waals surface area contributed by atoms with Crippen molar-refractivity contribution in [1.82, 2.24) is 0 Å². The van der Waals surface area contributed by atoms with Crippen molar-refractivity contribution in [2.75, 3.05) is 31.2 Å². The maximum atomic E-state index is 12.6. The average molecular weight is 806 g/mol. The van der Waals surface area contributed by atoms with Crippen LogP contribution < -0.4 is 4.90 Å². The summed E-state index contributed by atoms with van der Waals surface area (Å²) in [6.07, 6.45) is 33.8. The van der Waals surface area contributed by atoms with Gasteiger partial charge in [-0.05, 0) is 61.4 Å². The van der Waals surface area contributed by atoms with Gasteiger partial charge < -0.3 is 19.5 Å². The van der Waals surface area contributed by atoms with Gasteiger partial charge in [-0.2, -0.15) is 10.2 Å². The van der Waals surface area contributed by atoms with Crippen molar-refractivity contribution < 1.29 is 29.0 Å². The molecule has 0 saturated carbocycles. The normalized spacial score (nSPS) is 11.3. The average Bonchev–Trinajstić information content (AvgIpc) is 3.23. The van der Waals surface area contributed by atoms with Crippen molar-refractivity contribution in [3.63, 3.8) is 0 Å². The molecule has 0 heterocycles. The second kappa shape index (κ2) is 35.2. The Labute approximate surface area is 352 Å². The Bertz CT molecular complexity index is 1300. The molecule has 0 aromatic heterocycles. The summed E-state index contributed by atoms with van der Waals surface area (Å²) in [5, 5.41) is 17.6. The van der Waals surface area contributed by atoms with Crippen LogP contribution in [-0.2, 0) is 19.1 Å². The van der Waals surface area contributed by atoms with Crippen LogP contribution in [0.5, 0.6) is 0 Å². The molecule has 0 radical (unpaired) electrons. The summed E-state index contributed by atoms with van der Waals surface area (Å²) in [5.41, 5.74) is 2.28. The van der Waals surface area contributed by atoms with E-state index in [0.717, 1.165) is 31.4 Å². The Balaban J connectivity index is 1.72. The van der Waals surface area contributed by atoms with Crippen molar-refractivity contribution in [1.29, 1.82) is 0 Å². The highest BCUT2D eigenvalue weighted by atomic mass is 16.5. The fraction of sp³-hybridized carbons (Fsp3) is 0.694. The Morgan fingerprint density at radius 1 is 0.466 bits per heavy atom. The number of carbonyl (C=O) groups is 3. The summed E-state index contributed by atoms with van der Waals surface area (Å²) in [6, 6.07) is 13.8. The van der Waals surface area contributed by atoms with Crippen LogP contribution in [0.25, 0.3) is 0 Å². The number of carboxylic acid groups (broad SMARTS) is 1. The minimum atomic E-state index is -0.988. The molecule has 1 N–H and O–H groups in total. The zero-order chi connectivity index (χ0) is 41.7. The molecule has 2 rings (SSSR count). The highest BCUT2D eigenvalue weighted by Crippen LogP contribution is 2.23. The third kappa shape index (κ3) is 27.0. The van der Waals surface area contributed by atoms with E-state index in [2.05, 4.69) is 29.0 Å². The van der Waals surface area contributed by atoms with E-state index >= 15 is 0 Å². The number of rotatable bonds is 38. The lowest BCUT2D eigenvalue weighted by Gasteiger charge is -2.24. The van der Waals surface area contributed by atoms with E-state index in [4.69, 9.17) is 14.6 Å². The SMILES string of the molecule is CCCCCCCCCCCCCCCC(=O)OCCN(CCOC(=O)CCCCCCCCCCCCCCC)c1ccc(N=Nc2ccc(C(=O)O)cc2)cc1. The first kappa shape index (κ1) is 50.4. The van der Waals surface area contributed by atoms with Crippen molar-refractivity contribution >= 4 is 35.0 Å². The Morgan fingerprint density at radius 2 is 0.776 bits per heavy atom. The van der Waals surface area contributed by atoms with Crippen LogP contribution >= 0.6 is 0 Å². The van der Waals surface area contributed by atoms with E-state index in [1.807, 2.05) is 24.3 Å². The first-order chi connectivity index (χ1) is 28.4. The molecule has 0 aliphatic rings. The van der Waals surface area contributed by atoms with Gasteiger partial charge in [0.2, 0.25) is 0 Å². The molecule has 0 saturated heterocycles. The van der Waals surface area contributed by atoms with Gasteiger partial charge in [-0.3, -0.25) is 9.59 Å². The smallest absolute Gasteiger partial charge is 0.335 e. The molecule has 2 aromatic carbocycles. The van der Waals surface area contributed by atoms with Crippen LogP contribution in [0.3, 0.4) is 0 Å². The predicted molar refractivity (Wildman–Crippen MR) is 239 cm³/mol. The third-order valence-electron chi connectivity index (χ3n) is 10.8. The first-order valence-electron chi connectivity index (χ1n) is 23.3.